The van der Waals surface area contributed by atoms with E-state index in [1.807, 2.05) is 24.3 Å². The van der Waals surface area contributed by atoms with Crippen LogP contribution >= 0.6 is 11.6 Å². The zero-order valence-electron chi connectivity index (χ0n) is 11.0. The number of fused-ring (bicyclic) bond motifs is 1. The number of nitrogen functional groups attached to an aromatic ring is 1. The van der Waals surface area contributed by atoms with Crippen LogP contribution < -0.4 is 11.1 Å². The topological polar surface area (TPSA) is 68.0 Å². The van der Waals surface area contributed by atoms with Crippen molar-refractivity contribution < 1.29 is 4.79 Å². The summed E-state index contributed by atoms with van der Waals surface area (Å²) in [5.74, 6) is -0.295. The summed E-state index contributed by atoms with van der Waals surface area (Å²) in [5.41, 5.74) is 7.16. The number of aromatic nitrogens is 1. The summed E-state index contributed by atoms with van der Waals surface area (Å²) in [7, 11) is 0. The molecule has 0 unspecified atom stereocenters. The van der Waals surface area contributed by atoms with Gasteiger partial charge in [-0.25, -0.2) is 0 Å². The van der Waals surface area contributed by atoms with Crippen molar-refractivity contribution in [2.24, 2.45) is 0 Å². The number of halogens is 1. The predicted molar refractivity (Wildman–Crippen MR) is 85.6 cm³/mol. The van der Waals surface area contributed by atoms with Crippen LogP contribution in [0.3, 0.4) is 0 Å². The second-order valence-corrected chi connectivity index (χ2v) is 4.94. The molecule has 1 aromatic heterocycles. The standard InChI is InChI=1S/C16H12ClN3O/c17-15-12(4-2-5-13(15)18)16(21)20-14-6-1-3-10-9-19-8-7-11(10)14/h1-9H,18H2,(H,20,21). The smallest absolute Gasteiger partial charge is 0.257 e. The Morgan fingerprint density at radius 1 is 1.14 bits per heavy atom. The Bertz CT molecular complexity index is 827. The molecule has 3 rings (SSSR count). The van der Waals surface area contributed by atoms with Gasteiger partial charge < -0.3 is 11.1 Å². The van der Waals surface area contributed by atoms with E-state index in [-0.39, 0.29) is 10.9 Å². The lowest BCUT2D eigenvalue weighted by Gasteiger charge is -2.10. The molecule has 0 aliphatic carbocycles. The van der Waals surface area contributed by atoms with Gasteiger partial charge in [0.2, 0.25) is 0 Å². The van der Waals surface area contributed by atoms with E-state index in [2.05, 4.69) is 10.3 Å². The SMILES string of the molecule is Nc1cccc(C(=O)Nc2cccc3cnccc23)c1Cl. The Morgan fingerprint density at radius 3 is 2.81 bits per heavy atom. The summed E-state index contributed by atoms with van der Waals surface area (Å²) in [4.78, 5) is 16.4. The van der Waals surface area contributed by atoms with E-state index in [1.165, 1.54) is 0 Å². The van der Waals surface area contributed by atoms with Crippen LogP contribution in [0, 0.1) is 0 Å². The molecular formula is C16H12ClN3O. The molecule has 1 amide bonds. The third-order valence-electron chi connectivity index (χ3n) is 3.20. The predicted octanol–water partition coefficient (Wildman–Crippen LogP) is 3.72. The molecule has 3 aromatic rings. The highest BCUT2D eigenvalue weighted by atomic mass is 35.5. The van der Waals surface area contributed by atoms with Gasteiger partial charge in [-0.15, -0.1) is 0 Å². The van der Waals surface area contributed by atoms with Crippen molar-refractivity contribution in [1.29, 1.82) is 0 Å². The van der Waals surface area contributed by atoms with Crippen molar-refractivity contribution in [1.82, 2.24) is 4.98 Å². The van der Waals surface area contributed by atoms with E-state index in [4.69, 9.17) is 17.3 Å². The number of amides is 1. The first-order chi connectivity index (χ1) is 10.2. The molecule has 0 saturated heterocycles. The molecule has 4 nitrogen and oxygen atoms in total. The van der Waals surface area contributed by atoms with Crippen molar-refractivity contribution in [3.05, 3.63) is 65.4 Å². The van der Waals surface area contributed by atoms with E-state index in [0.29, 0.717) is 16.9 Å². The molecule has 1 heterocycles. The van der Waals surface area contributed by atoms with Crippen LogP contribution in [0.2, 0.25) is 5.02 Å². The van der Waals surface area contributed by atoms with Crippen LogP contribution in [0.1, 0.15) is 10.4 Å². The molecule has 104 valence electrons. The summed E-state index contributed by atoms with van der Waals surface area (Å²) >= 11 is 6.08. The van der Waals surface area contributed by atoms with Gasteiger partial charge in [0, 0.05) is 28.9 Å². The Morgan fingerprint density at radius 2 is 1.95 bits per heavy atom. The quantitative estimate of drug-likeness (QED) is 0.708. The largest absolute Gasteiger partial charge is 0.398 e. The van der Waals surface area contributed by atoms with Crippen LogP contribution in [-0.2, 0) is 0 Å². The van der Waals surface area contributed by atoms with Gasteiger partial charge in [0.25, 0.3) is 5.91 Å². The molecule has 0 aliphatic rings. The molecule has 0 bridgehead atoms. The monoisotopic (exact) mass is 297 g/mol. The fourth-order valence-corrected chi connectivity index (χ4v) is 2.36. The van der Waals surface area contributed by atoms with Gasteiger partial charge in [0.05, 0.1) is 16.3 Å². The summed E-state index contributed by atoms with van der Waals surface area (Å²) in [6.45, 7) is 0. The molecule has 5 heteroatoms. The number of rotatable bonds is 2. The number of carbonyl (C=O) groups excluding carboxylic acids is 1. The van der Waals surface area contributed by atoms with Crippen LogP contribution in [0.4, 0.5) is 11.4 Å². The number of nitrogens with two attached hydrogens (primary N) is 1. The maximum atomic E-state index is 12.4. The first-order valence-electron chi connectivity index (χ1n) is 6.35. The second kappa shape index (κ2) is 5.42. The van der Waals surface area contributed by atoms with E-state index < -0.39 is 0 Å². The van der Waals surface area contributed by atoms with Gasteiger partial charge >= 0.3 is 0 Å². The maximum Gasteiger partial charge on any atom is 0.257 e. The zero-order chi connectivity index (χ0) is 14.8. The third kappa shape index (κ3) is 2.53. The summed E-state index contributed by atoms with van der Waals surface area (Å²) in [6.07, 6.45) is 3.43. The molecule has 0 atom stereocenters. The van der Waals surface area contributed by atoms with Crippen LogP contribution in [-0.4, -0.2) is 10.9 Å². The molecule has 0 radical (unpaired) electrons. The van der Waals surface area contributed by atoms with Crippen LogP contribution in [0.25, 0.3) is 10.8 Å². The number of hydrogen-bond acceptors (Lipinski definition) is 3. The minimum atomic E-state index is -0.295. The van der Waals surface area contributed by atoms with E-state index in [0.717, 1.165) is 10.8 Å². The van der Waals surface area contributed by atoms with E-state index in [1.54, 1.807) is 30.6 Å². The highest BCUT2D eigenvalue weighted by molar-refractivity contribution is 6.36. The van der Waals surface area contributed by atoms with Gasteiger partial charge in [-0.2, -0.15) is 0 Å². The van der Waals surface area contributed by atoms with Crippen molar-refractivity contribution in [3.63, 3.8) is 0 Å². The first kappa shape index (κ1) is 13.4. The normalized spacial score (nSPS) is 10.5. The van der Waals surface area contributed by atoms with Crippen molar-refractivity contribution in [2.75, 3.05) is 11.1 Å². The van der Waals surface area contributed by atoms with Gasteiger partial charge in [-0.05, 0) is 24.3 Å². The van der Waals surface area contributed by atoms with Gasteiger partial charge in [-0.3, -0.25) is 9.78 Å². The second-order valence-electron chi connectivity index (χ2n) is 4.57. The number of benzene rings is 2. The number of nitrogens with zero attached hydrogens (tertiary/aromatic N) is 1. The summed E-state index contributed by atoms with van der Waals surface area (Å²) in [5, 5.41) is 4.99. The maximum absolute atomic E-state index is 12.4. The molecule has 3 N–H and O–H groups in total. The number of carbonyl (C=O) groups is 1. The van der Waals surface area contributed by atoms with Crippen molar-refractivity contribution in [2.45, 2.75) is 0 Å². The fourth-order valence-electron chi connectivity index (χ4n) is 2.15. The Balaban J connectivity index is 1.99. The summed E-state index contributed by atoms with van der Waals surface area (Å²) in [6, 6.07) is 12.5. The number of pyridine rings is 1. The van der Waals surface area contributed by atoms with Gasteiger partial charge in [0.15, 0.2) is 0 Å². The molecule has 0 spiro atoms. The highest BCUT2D eigenvalue weighted by Crippen LogP contribution is 2.26. The van der Waals surface area contributed by atoms with Gasteiger partial charge in [0.1, 0.15) is 0 Å². The lowest BCUT2D eigenvalue weighted by Crippen LogP contribution is -2.13. The molecular weight excluding hydrogens is 286 g/mol. The van der Waals surface area contributed by atoms with Crippen molar-refractivity contribution in [3.8, 4) is 0 Å². The minimum Gasteiger partial charge on any atom is -0.398 e. The Kier molecular flexibility index (Phi) is 3.46. The molecule has 21 heavy (non-hydrogen) atoms. The Hall–Kier alpha value is -2.59. The van der Waals surface area contributed by atoms with Crippen LogP contribution in [0.15, 0.2) is 54.9 Å². The average molecular weight is 298 g/mol. The lowest BCUT2D eigenvalue weighted by molar-refractivity contribution is 0.102. The molecule has 2 aromatic carbocycles. The molecule has 0 fully saturated rings. The van der Waals surface area contributed by atoms with E-state index in [9.17, 15) is 4.79 Å². The highest BCUT2D eigenvalue weighted by Gasteiger charge is 2.13. The fraction of sp³-hybridized carbons (Fsp3) is 0. The van der Waals surface area contributed by atoms with Gasteiger partial charge in [-0.1, -0.05) is 29.8 Å². The molecule has 0 saturated carbocycles. The number of nitrogens with one attached hydrogen (secondary N) is 1. The first-order valence-corrected chi connectivity index (χ1v) is 6.72. The minimum absolute atomic E-state index is 0.261. The molecule has 0 aliphatic heterocycles. The zero-order valence-corrected chi connectivity index (χ0v) is 11.8. The number of hydrogen-bond donors (Lipinski definition) is 2. The average Bonchev–Trinajstić information content (AvgIpc) is 2.50. The van der Waals surface area contributed by atoms with Crippen LogP contribution in [0.5, 0.6) is 0 Å². The summed E-state index contributed by atoms with van der Waals surface area (Å²) < 4.78 is 0. The lowest BCUT2D eigenvalue weighted by atomic mass is 10.1. The third-order valence-corrected chi connectivity index (χ3v) is 3.62. The Labute approximate surface area is 126 Å². The number of anilines is 2. The van der Waals surface area contributed by atoms with Crippen molar-refractivity contribution >= 4 is 39.7 Å². The van der Waals surface area contributed by atoms with E-state index >= 15 is 0 Å².